The molecule has 0 fully saturated rings. The molecule has 0 bridgehead atoms. The van der Waals surface area contributed by atoms with Crippen molar-refractivity contribution in [3.05, 3.63) is 63.0 Å². The Bertz CT molecular complexity index is 557. The van der Waals surface area contributed by atoms with E-state index in [0.29, 0.717) is 6.61 Å². The van der Waals surface area contributed by atoms with E-state index in [1.807, 2.05) is 37.3 Å². The summed E-state index contributed by atoms with van der Waals surface area (Å²) in [5.41, 5.74) is 2.18. The molecule has 1 nitrogen and oxygen atoms in total. The van der Waals surface area contributed by atoms with Crippen molar-refractivity contribution in [3.63, 3.8) is 0 Å². The average molecular weight is 435 g/mol. The van der Waals surface area contributed by atoms with E-state index in [-0.39, 0.29) is 10.6 Å². The van der Waals surface area contributed by atoms with E-state index in [0.717, 1.165) is 20.4 Å². The van der Waals surface area contributed by atoms with Crippen molar-refractivity contribution in [3.8, 4) is 5.75 Å². The molecule has 0 amide bonds. The summed E-state index contributed by atoms with van der Waals surface area (Å²) in [6.07, 6.45) is 0. The third-order valence-corrected chi connectivity index (χ3v) is 4.68. The normalized spacial score (nSPS) is 12.2. The minimum absolute atomic E-state index is 0.0516. The summed E-state index contributed by atoms with van der Waals surface area (Å²) in [6.45, 7) is 2.62. The van der Waals surface area contributed by atoms with Gasteiger partial charge in [0.05, 0.1) is 11.4 Å². The molecular weight excluding hydrogens is 422 g/mol. The minimum atomic E-state index is -0.209. The third kappa shape index (κ3) is 3.69. The first-order chi connectivity index (χ1) is 9.11. The molecule has 0 aromatic heterocycles. The summed E-state index contributed by atoms with van der Waals surface area (Å²) < 4.78 is 19.4. The van der Waals surface area contributed by atoms with Gasteiger partial charge in [-0.25, -0.2) is 4.39 Å². The number of benzene rings is 2. The van der Waals surface area contributed by atoms with Crippen molar-refractivity contribution >= 4 is 38.5 Å². The van der Waals surface area contributed by atoms with Gasteiger partial charge in [-0.15, -0.1) is 0 Å². The monoisotopic (exact) mass is 434 g/mol. The largest absolute Gasteiger partial charge is 0.494 e. The van der Waals surface area contributed by atoms with Crippen LogP contribution in [0, 0.1) is 9.39 Å². The zero-order valence-electron chi connectivity index (χ0n) is 10.4. The van der Waals surface area contributed by atoms with Gasteiger partial charge in [0.25, 0.3) is 0 Å². The lowest BCUT2D eigenvalue weighted by Crippen LogP contribution is -1.97. The standard InChI is InChI=1S/C15H13BrFIO/c1-2-19-12-6-3-10(4-7-12)15(16)13-8-5-11(17)9-14(13)18/h3-9,15H,2H2,1H3. The molecule has 4 heteroatoms. The van der Waals surface area contributed by atoms with Crippen LogP contribution in [0.15, 0.2) is 42.5 Å². The molecule has 0 heterocycles. The molecule has 0 spiro atoms. The Morgan fingerprint density at radius 2 is 1.89 bits per heavy atom. The molecule has 0 aliphatic carbocycles. The molecule has 0 radical (unpaired) electrons. The van der Waals surface area contributed by atoms with Gasteiger partial charge in [-0.05, 0) is 64.9 Å². The van der Waals surface area contributed by atoms with Crippen molar-refractivity contribution < 1.29 is 9.13 Å². The van der Waals surface area contributed by atoms with Crippen LogP contribution in [0.1, 0.15) is 22.9 Å². The fourth-order valence-electron chi connectivity index (χ4n) is 1.79. The van der Waals surface area contributed by atoms with Gasteiger partial charge in [-0.2, -0.15) is 0 Å². The van der Waals surface area contributed by atoms with Crippen LogP contribution < -0.4 is 4.74 Å². The smallest absolute Gasteiger partial charge is 0.124 e. The Kier molecular flexibility index (Phi) is 5.21. The Hall–Kier alpha value is -0.620. The van der Waals surface area contributed by atoms with E-state index in [9.17, 15) is 4.39 Å². The van der Waals surface area contributed by atoms with Gasteiger partial charge >= 0.3 is 0 Å². The first-order valence-electron chi connectivity index (χ1n) is 5.93. The first-order valence-corrected chi connectivity index (χ1v) is 7.93. The molecular formula is C15H13BrFIO. The zero-order chi connectivity index (χ0) is 13.8. The van der Waals surface area contributed by atoms with Crippen LogP contribution in [-0.4, -0.2) is 6.61 Å². The second-order valence-electron chi connectivity index (χ2n) is 4.03. The molecule has 0 aliphatic rings. The quantitative estimate of drug-likeness (QED) is 0.467. The van der Waals surface area contributed by atoms with E-state index in [1.54, 1.807) is 6.07 Å². The fraction of sp³-hybridized carbons (Fsp3) is 0.200. The van der Waals surface area contributed by atoms with Crippen LogP contribution in [0.5, 0.6) is 5.75 Å². The number of halogens is 3. The third-order valence-electron chi connectivity index (χ3n) is 2.72. The molecule has 0 N–H and O–H groups in total. The molecule has 0 saturated heterocycles. The van der Waals surface area contributed by atoms with E-state index in [2.05, 4.69) is 38.5 Å². The molecule has 100 valence electrons. The molecule has 2 aromatic carbocycles. The van der Waals surface area contributed by atoms with E-state index >= 15 is 0 Å². The zero-order valence-corrected chi connectivity index (χ0v) is 14.1. The predicted octanol–water partition coefficient (Wildman–Crippen LogP) is 5.31. The van der Waals surface area contributed by atoms with E-state index < -0.39 is 0 Å². The highest BCUT2D eigenvalue weighted by molar-refractivity contribution is 14.1. The Labute approximate surface area is 134 Å². The van der Waals surface area contributed by atoms with Gasteiger partial charge in [-0.3, -0.25) is 0 Å². The Morgan fingerprint density at radius 3 is 2.47 bits per heavy atom. The summed E-state index contributed by atoms with van der Waals surface area (Å²) in [5.74, 6) is 0.652. The topological polar surface area (TPSA) is 9.23 Å². The molecule has 0 aliphatic heterocycles. The van der Waals surface area contributed by atoms with Crippen molar-refractivity contribution in [1.29, 1.82) is 0 Å². The van der Waals surface area contributed by atoms with Crippen LogP contribution >= 0.6 is 38.5 Å². The lowest BCUT2D eigenvalue weighted by molar-refractivity contribution is 0.340. The number of alkyl halides is 1. The highest BCUT2D eigenvalue weighted by Crippen LogP contribution is 2.34. The second kappa shape index (κ2) is 6.70. The molecule has 2 aromatic rings. The van der Waals surface area contributed by atoms with Crippen molar-refractivity contribution in [2.45, 2.75) is 11.8 Å². The maximum Gasteiger partial charge on any atom is 0.124 e. The van der Waals surface area contributed by atoms with E-state index in [1.165, 1.54) is 6.07 Å². The number of hydrogen-bond acceptors (Lipinski definition) is 1. The molecule has 1 unspecified atom stereocenters. The van der Waals surface area contributed by atoms with Crippen LogP contribution in [0.2, 0.25) is 0 Å². The summed E-state index contributed by atoms with van der Waals surface area (Å²) in [5, 5.41) is 0. The van der Waals surface area contributed by atoms with Gasteiger partial charge in [0.1, 0.15) is 11.6 Å². The van der Waals surface area contributed by atoms with Crippen LogP contribution in [0.25, 0.3) is 0 Å². The van der Waals surface area contributed by atoms with E-state index in [4.69, 9.17) is 4.74 Å². The lowest BCUT2D eigenvalue weighted by atomic mass is 10.0. The number of ether oxygens (including phenoxy) is 1. The van der Waals surface area contributed by atoms with Gasteiger partial charge in [0.15, 0.2) is 0 Å². The first kappa shape index (κ1) is 14.8. The summed E-state index contributed by atoms with van der Waals surface area (Å²) in [7, 11) is 0. The minimum Gasteiger partial charge on any atom is -0.494 e. The van der Waals surface area contributed by atoms with Gasteiger partial charge in [0, 0.05) is 3.57 Å². The Balaban J connectivity index is 2.25. The molecule has 19 heavy (non-hydrogen) atoms. The number of hydrogen-bond donors (Lipinski definition) is 0. The Morgan fingerprint density at radius 1 is 1.21 bits per heavy atom. The summed E-state index contributed by atoms with van der Waals surface area (Å²) in [4.78, 5) is 0.0516. The maximum atomic E-state index is 13.1. The van der Waals surface area contributed by atoms with Gasteiger partial charge in [-0.1, -0.05) is 34.1 Å². The maximum absolute atomic E-state index is 13.1. The van der Waals surface area contributed by atoms with Crippen LogP contribution in [0.3, 0.4) is 0 Å². The predicted molar refractivity (Wildman–Crippen MR) is 87.5 cm³/mol. The summed E-state index contributed by atoms with van der Waals surface area (Å²) >= 11 is 5.82. The number of rotatable bonds is 4. The van der Waals surface area contributed by atoms with Crippen LogP contribution in [0.4, 0.5) is 4.39 Å². The van der Waals surface area contributed by atoms with Crippen molar-refractivity contribution in [2.75, 3.05) is 6.61 Å². The SMILES string of the molecule is CCOc1ccc(C(Br)c2ccc(F)cc2I)cc1. The van der Waals surface area contributed by atoms with Gasteiger partial charge in [0.2, 0.25) is 0 Å². The molecule has 1 atom stereocenters. The summed E-state index contributed by atoms with van der Waals surface area (Å²) in [6, 6.07) is 12.8. The average Bonchev–Trinajstić information content (AvgIpc) is 2.39. The molecule has 0 saturated carbocycles. The molecule has 2 rings (SSSR count). The van der Waals surface area contributed by atoms with Crippen molar-refractivity contribution in [2.24, 2.45) is 0 Å². The van der Waals surface area contributed by atoms with Crippen molar-refractivity contribution in [1.82, 2.24) is 0 Å². The lowest BCUT2D eigenvalue weighted by Gasteiger charge is -2.13. The van der Waals surface area contributed by atoms with Crippen LogP contribution in [-0.2, 0) is 0 Å². The highest BCUT2D eigenvalue weighted by atomic mass is 127. The van der Waals surface area contributed by atoms with Gasteiger partial charge < -0.3 is 4.74 Å². The second-order valence-corrected chi connectivity index (χ2v) is 6.11. The highest BCUT2D eigenvalue weighted by Gasteiger charge is 2.14. The fourth-order valence-corrected chi connectivity index (χ4v) is 3.71.